The molecule has 2 rings (SSSR count). The van der Waals surface area contributed by atoms with E-state index in [1.807, 2.05) is 0 Å². The number of likely N-dealkylation sites (N-methyl/N-ethyl adjacent to an activating group) is 1. The molecule has 1 aromatic rings. The van der Waals surface area contributed by atoms with Crippen LogP contribution in [0.1, 0.15) is 32.1 Å². The Hall–Kier alpha value is -2.04. The maximum absolute atomic E-state index is 12.2. The van der Waals surface area contributed by atoms with Crippen LogP contribution in [-0.2, 0) is 9.59 Å². The molecule has 1 aromatic carbocycles. The molecule has 0 heterocycles. The Morgan fingerprint density at radius 2 is 1.76 bits per heavy atom. The van der Waals surface area contributed by atoms with Crippen molar-refractivity contribution in [3.8, 4) is 5.75 Å². The molecule has 0 unspecified atom stereocenters. The number of nitrogens with one attached hydrogen (secondary N) is 1. The van der Waals surface area contributed by atoms with Gasteiger partial charge in [-0.2, -0.15) is 0 Å². The van der Waals surface area contributed by atoms with Gasteiger partial charge in [-0.15, -0.1) is 0 Å². The van der Waals surface area contributed by atoms with Crippen molar-refractivity contribution in [1.82, 2.24) is 4.90 Å². The molecule has 21 heavy (non-hydrogen) atoms. The second-order valence-electron chi connectivity index (χ2n) is 5.39. The number of amides is 2. The number of hydrogen-bond acceptors (Lipinski definition) is 3. The Kier molecular flexibility index (Phi) is 5.20. The van der Waals surface area contributed by atoms with Crippen LogP contribution in [-0.4, -0.2) is 36.9 Å². The van der Waals surface area contributed by atoms with Gasteiger partial charge in [0.1, 0.15) is 5.75 Å². The van der Waals surface area contributed by atoms with Crippen LogP contribution in [0.25, 0.3) is 0 Å². The summed E-state index contributed by atoms with van der Waals surface area (Å²) in [6.07, 6.45) is 5.44. The maximum atomic E-state index is 12.2. The molecule has 0 aromatic heterocycles. The van der Waals surface area contributed by atoms with Gasteiger partial charge in [-0.3, -0.25) is 9.59 Å². The summed E-state index contributed by atoms with van der Waals surface area (Å²) in [6, 6.07) is 7.10. The summed E-state index contributed by atoms with van der Waals surface area (Å²) in [7, 11) is 3.29. The third-order valence-electron chi connectivity index (χ3n) is 3.98. The van der Waals surface area contributed by atoms with Gasteiger partial charge >= 0.3 is 11.8 Å². The topological polar surface area (TPSA) is 58.6 Å². The van der Waals surface area contributed by atoms with Crippen molar-refractivity contribution in [3.63, 3.8) is 0 Å². The SMILES string of the molecule is COc1ccc(NC(=O)C(=O)N(C)C2CCCCC2)cc1. The van der Waals surface area contributed by atoms with Crippen LogP contribution in [0, 0.1) is 0 Å². The zero-order valence-corrected chi connectivity index (χ0v) is 12.6. The monoisotopic (exact) mass is 290 g/mol. The predicted molar refractivity (Wildman–Crippen MR) is 81.3 cm³/mol. The summed E-state index contributed by atoms with van der Waals surface area (Å²) in [5.74, 6) is -0.357. The summed E-state index contributed by atoms with van der Waals surface area (Å²) in [5.41, 5.74) is 0.589. The highest BCUT2D eigenvalue weighted by Gasteiger charge is 2.26. The Morgan fingerprint density at radius 1 is 1.14 bits per heavy atom. The van der Waals surface area contributed by atoms with E-state index in [-0.39, 0.29) is 6.04 Å². The molecule has 0 bridgehead atoms. The van der Waals surface area contributed by atoms with Gasteiger partial charge in [-0.1, -0.05) is 19.3 Å². The highest BCUT2D eigenvalue weighted by Crippen LogP contribution is 2.22. The first-order valence-electron chi connectivity index (χ1n) is 7.34. The molecule has 1 N–H and O–H groups in total. The van der Waals surface area contributed by atoms with E-state index in [0.29, 0.717) is 11.4 Å². The standard InChI is InChI=1S/C16H22N2O3/c1-18(13-6-4-3-5-7-13)16(20)15(19)17-12-8-10-14(21-2)11-9-12/h8-11,13H,3-7H2,1-2H3,(H,17,19). The van der Waals surface area contributed by atoms with Crippen molar-refractivity contribution in [2.24, 2.45) is 0 Å². The number of hydrogen-bond donors (Lipinski definition) is 1. The molecule has 2 amide bonds. The van der Waals surface area contributed by atoms with Crippen molar-refractivity contribution in [3.05, 3.63) is 24.3 Å². The molecule has 1 aliphatic carbocycles. The Labute approximate surface area is 125 Å². The van der Waals surface area contributed by atoms with E-state index in [1.54, 1.807) is 43.3 Å². The number of methoxy groups -OCH3 is 1. The van der Waals surface area contributed by atoms with Crippen molar-refractivity contribution in [2.75, 3.05) is 19.5 Å². The maximum Gasteiger partial charge on any atom is 0.313 e. The smallest absolute Gasteiger partial charge is 0.313 e. The van der Waals surface area contributed by atoms with Crippen LogP contribution in [0.3, 0.4) is 0 Å². The Bertz CT molecular complexity index is 493. The molecule has 0 aliphatic heterocycles. The first-order chi connectivity index (χ1) is 10.1. The summed E-state index contributed by atoms with van der Waals surface area (Å²) in [4.78, 5) is 25.8. The lowest BCUT2D eigenvalue weighted by atomic mass is 9.94. The Morgan fingerprint density at radius 3 is 2.33 bits per heavy atom. The zero-order chi connectivity index (χ0) is 15.2. The summed E-state index contributed by atoms with van der Waals surface area (Å²) < 4.78 is 5.05. The van der Waals surface area contributed by atoms with E-state index >= 15 is 0 Å². The van der Waals surface area contributed by atoms with Crippen molar-refractivity contribution >= 4 is 17.5 Å². The van der Waals surface area contributed by atoms with Gasteiger partial charge < -0.3 is 15.0 Å². The van der Waals surface area contributed by atoms with Gasteiger partial charge in [0, 0.05) is 18.8 Å². The van der Waals surface area contributed by atoms with Gasteiger partial charge in [0.2, 0.25) is 0 Å². The van der Waals surface area contributed by atoms with Gasteiger partial charge in [-0.05, 0) is 37.1 Å². The number of rotatable bonds is 3. The predicted octanol–water partition coefficient (Wildman–Crippen LogP) is 2.42. The van der Waals surface area contributed by atoms with Crippen molar-refractivity contribution in [2.45, 2.75) is 38.1 Å². The summed E-state index contributed by atoms with van der Waals surface area (Å²) >= 11 is 0. The van der Waals surface area contributed by atoms with Crippen LogP contribution in [0.15, 0.2) is 24.3 Å². The van der Waals surface area contributed by atoms with Gasteiger partial charge in [-0.25, -0.2) is 0 Å². The average Bonchev–Trinajstić information content (AvgIpc) is 2.55. The van der Waals surface area contributed by atoms with Crippen LogP contribution < -0.4 is 10.1 Å². The van der Waals surface area contributed by atoms with Crippen molar-refractivity contribution < 1.29 is 14.3 Å². The molecule has 0 atom stereocenters. The van der Waals surface area contributed by atoms with Crippen LogP contribution >= 0.6 is 0 Å². The number of nitrogens with zero attached hydrogens (tertiary/aromatic N) is 1. The van der Waals surface area contributed by atoms with Crippen LogP contribution in [0.2, 0.25) is 0 Å². The highest BCUT2D eigenvalue weighted by atomic mass is 16.5. The van der Waals surface area contributed by atoms with Gasteiger partial charge in [0.15, 0.2) is 0 Å². The third kappa shape index (κ3) is 3.97. The first-order valence-corrected chi connectivity index (χ1v) is 7.34. The molecule has 114 valence electrons. The van der Waals surface area contributed by atoms with Crippen LogP contribution in [0.5, 0.6) is 5.75 Å². The molecular formula is C16H22N2O3. The van der Waals surface area contributed by atoms with E-state index in [9.17, 15) is 9.59 Å². The normalized spacial score (nSPS) is 15.3. The quantitative estimate of drug-likeness (QED) is 0.870. The lowest BCUT2D eigenvalue weighted by Crippen LogP contribution is -2.44. The zero-order valence-electron chi connectivity index (χ0n) is 12.6. The number of ether oxygens (including phenoxy) is 1. The van der Waals surface area contributed by atoms with Gasteiger partial charge in [0.05, 0.1) is 7.11 Å². The third-order valence-corrected chi connectivity index (χ3v) is 3.98. The average molecular weight is 290 g/mol. The van der Waals surface area contributed by atoms with Crippen LogP contribution in [0.4, 0.5) is 5.69 Å². The minimum Gasteiger partial charge on any atom is -0.497 e. The Balaban J connectivity index is 1.93. The minimum atomic E-state index is -0.590. The minimum absolute atomic E-state index is 0.188. The van der Waals surface area contributed by atoms with E-state index in [4.69, 9.17) is 4.74 Å². The largest absolute Gasteiger partial charge is 0.497 e. The lowest BCUT2D eigenvalue weighted by Gasteiger charge is -2.30. The highest BCUT2D eigenvalue weighted by molar-refractivity contribution is 6.39. The number of anilines is 1. The summed E-state index contributed by atoms with van der Waals surface area (Å²) in [5, 5.41) is 2.63. The second kappa shape index (κ2) is 7.11. The van der Waals surface area contributed by atoms with Crippen molar-refractivity contribution in [1.29, 1.82) is 0 Å². The number of carbonyl (C=O) groups excluding carboxylic acids is 2. The van der Waals surface area contributed by atoms with E-state index < -0.39 is 11.8 Å². The molecule has 0 spiro atoms. The molecule has 5 nitrogen and oxygen atoms in total. The number of carbonyl (C=O) groups is 2. The molecule has 0 radical (unpaired) electrons. The number of benzene rings is 1. The molecule has 5 heteroatoms. The molecule has 1 aliphatic rings. The fourth-order valence-electron chi connectivity index (χ4n) is 2.65. The lowest BCUT2D eigenvalue weighted by molar-refractivity contribution is -0.144. The molecule has 1 saturated carbocycles. The summed E-state index contributed by atoms with van der Waals surface area (Å²) in [6.45, 7) is 0. The fourth-order valence-corrected chi connectivity index (χ4v) is 2.65. The molecule has 1 fully saturated rings. The second-order valence-corrected chi connectivity index (χ2v) is 5.39. The molecule has 0 saturated heterocycles. The van der Waals surface area contributed by atoms with Gasteiger partial charge in [0.25, 0.3) is 0 Å². The van der Waals surface area contributed by atoms with E-state index in [0.717, 1.165) is 25.7 Å². The first kappa shape index (κ1) is 15.4. The molecular weight excluding hydrogens is 268 g/mol. The van der Waals surface area contributed by atoms with E-state index in [2.05, 4.69) is 5.32 Å². The van der Waals surface area contributed by atoms with E-state index in [1.165, 1.54) is 6.42 Å². The fraction of sp³-hybridized carbons (Fsp3) is 0.500.